The highest BCUT2D eigenvalue weighted by atomic mass is 16.3. The molecule has 0 fully saturated rings. The number of aryl methyl sites for hydroxylation is 1. The summed E-state index contributed by atoms with van der Waals surface area (Å²) in [6, 6.07) is 5.43. The summed E-state index contributed by atoms with van der Waals surface area (Å²) in [6.07, 6.45) is 2.29. The van der Waals surface area contributed by atoms with Crippen molar-refractivity contribution in [2.75, 3.05) is 0 Å². The molecule has 0 saturated carbocycles. The van der Waals surface area contributed by atoms with Gasteiger partial charge < -0.3 is 10.2 Å². The van der Waals surface area contributed by atoms with Crippen LogP contribution in [0.3, 0.4) is 0 Å². The van der Waals surface area contributed by atoms with Crippen LogP contribution >= 0.6 is 0 Å². The lowest BCUT2D eigenvalue weighted by atomic mass is 9.89. The van der Waals surface area contributed by atoms with Crippen molar-refractivity contribution in [2.45, 2.75) is 25.4 Å². The van der Waals surface area contributed by atoms with E-state index in [0.29, 0.717) is 0 Å². The van der Waals surface area contributed by atoms with Crippen LogP contribution in [0.5, 0.6) is 5.75 Å². The highest BCUT2D eigenvalue weighted by Gasteiger charge is 2.20. The number of hydrogen-bond donors (Lipinski definition) is 2. The molecule has 1 aliphatic carbocycles. The minimum atomic E-state index is -0.463. The van der Waals surface area contributed by atoms with Crippen molar-refractivity contribution >= 4 is 0 Å². The summed E-state index contributed by atoms with van der Waals surface area (Å²) in [7, 11) is 0. The van der Waals surface area contributed by atoms with Crippen LogP contribution in [0.4, 0.5) is 0 Å². The summed E-state index contributed by atoms with van der Waals surface area (Å²) in [6.45, 7) is 0. The van der Waals surface area contributed by atoms with E-state index in [2.05, 4.69) is 0 Å². The number of aromatic hydroxyl groups is 1. The Morgan fingerprint density at radius 3 is 2.92 bits per heavy atom. The Balaban J connectivity index is 2.53. The molecule has 0 saturated heterocycles. The molecule has 0 amide bonds. The first-order valence-corrected chi connectivity index (χ1v) is 4.28. The van der Waals surface area contributed by atoms with Gasteiger partial charge in [-0.2, -0.15) is 0 Å². The van der Waals surface area contributed by atoms with E-state index in [0.717, 1.165) is 30.4 Å². The number of phenolic OH excluding ortho intramolecular Hbond substituents is 1. The van der Waals surface area contributed by atoms with Crippen LogP contribution in [0, 0.1) is 0 Å². The topological polar surface area (TPSA) is 40.5 Å². The Morgan fingerprint density at radius 2 is 2.17 bits per heavy atom. The van der Waals surface area contributed by atoms with Gasteiger partial charge in [0, 0.05) is 5.56 Å². The van der Waals surface area contributed by atoms with E-state index in [-0.39, 0.29) is 5.75 Å². The zero-order valence-electron chi connectivity index (χ0n) is 6.83. The van der Waals surface area contributed by atoms with Crippen molar-refractivity contribution in [3.63, 3.8) is 0 Å². The van der Waals surface area contributed by atoms with Crippen LogP contribution in [-0.4, -0.2) is 10.2 Å². The quantitative estimate of drug-likeness (QED) is 0.613. The highest BCUT2D eigenvalue weighted by Crippen LogP contribution is 2.35. The summed E-state index contributed by atoms with van der Waals surface area (Å²) in [5.41, 5.74) is 1.83. The molecule has 0 radical (unpaired) electrons. The Hall–Kier alpha value is -1.02. The molecule has 0 aliphatic heterocycles. The van der Waals surface area contributed by atoms with Crippen molar-refractivity contribution in [3.8, 4) is 5.75 Å². The van der Waals surface area contributed by atoms with Gasteiger partial charge in [-0.3, -0.25) is 0 Å². The van der Waals surface area contributed by atoms with Crippen molar-refractivity contribution in [1.82, 2.24) is 0 Å². The van der Waals surface area contributed by atoms with E-state index in [4.69, 9.17) is 0 Å². The number of aliphatic hydroxyl groups is 1. The largest absolute Gasteiger partial charge is 0.508 e. The van der Waals surface area contributed by atoms with E-state index in [9.17, 15) is 10.2 Å². The lowest BCUT2D eigenvalue weighted by Crippen LogP contribution is -2.08. The van der Waals surface area contributed by atoms with Crippen molar-refractivity contribution < 1.29 is 10.2 Å². The zero-order chi connectivity index (χ0) is 8.55. The second kappa shape index (κ2) is 2.79. The maximum atomic E-state index is 9.58. The number of benzene rings is 1. The second-order valence-electron chi connectivity index (χ2n) is 3.26. The monoisotopic (exact) mass is 164 g/mol. The fourth-order valence-electron chi connectivity index (χ4n) is 1.83. The Morgan fingerprint density at radius 1 is 1.33 bits per heavy atom. The van der Waals surface area contributed by atoms with Crippen LogP contribution < -0.4 is 0 Å². The summed E-state index contributed by atoms with van der Waals surface area (Å²) >= 11 is 0. The molecule has 0 spiro atoms. The molecule has 1 aromatic carbocycles. The molecule has 0 unspecified atom stereocenters. The van der Waals surface area contributed by atoms with Gasteiger partial charge in [0.05, 0.1) is 6.10 Å². The molecule has 2 nitrogen and oxygen atoms in total. The number of aliphatic hydroxyl groups excluding tert-OH is 1. The predicted octanol–water partition coefficient (Wildman–Crippen LogP) is 1.76. The molecule has 1 aromatic rings. The van der Waals surface area contributed by atoms with Gasteiger partial charge in [-0.25, -0.2) is 0 Å². The highest BCUT2D eigenvalue weighted by molar-refractivity contribution is 5.42. The van der Waals surface area contributed by atoms with E-state index in [1.54, 1.807) is 6.07 Å². The average molecular weight is 164 g/mol. The fourth-order valence-corrected chi connectivity index (χ4v) is 1.83. The third-order valence-corrected chi connectivity index (χ3v) is 2.43. The second-order valence-corrected chi connectivity index (χ2v) is 3.26. The van der Waals surface area contributed by atoms with Crippen LogP contribution in [-0.2, 0) is 6.42 Å². The summed E-state index contributed by atoms with van der Waals surface area (Å²) in [5.74, 6) is 0.236. The molecule has 0 heterocycles. The first-order chi connectivity index (χ1) is 5.79. The minimum absolute atomic E-state index is 0.236. The van der Waals surface area contributed by atoms with Crippen molar-refractivity contribution in [1.29, 1.82) is 0 Å². The lowest BCUT2D eigenvalue weighted by Gasteiger charge is -2.21. The normalized spacial score (nSPS) is 21.9. The van der Waals surface area contributed by atoms with E-state index < -0.39 is 6.10 Å². The summed E-state index contributed by atoms with van der Waals surface area (Å²) in [4.78, 5) is 0. The maximum Gasteiger partial charge on any atom is 0.121 e. The van der Waals surface area contributed by atoms with Gasteiger partial charge >= 0.3 is 0 Å². The Bertz CT molecular complexity index is 294. The first-order valence-electron chi connectivity index (χ1n) is 4.28. The molecule has 0 aromatic heterocycles. The molecule has 12 heavy (non-hydrogen) atoms. The Labute approximate surface area is 71.5 Å². The van der Waals surface area contributed by atoms with Gasteiger partial charge in [0.15, 0.2) is 0 Å². The number of hydrogen-bond acceptors (Lipinski definition) is 2. The molecule has 1 atom stereocenters. The lowest BCUT2D eigenvalue weighted by molar-refractivity contribution is 0.153. The van der Waals surface area contributed by atoms with Gasteiger partial charge in [0.2, 0.25) is 0 Å². The van der Waals surface area contributed by atoms with Crippen LogP contribution in [0.15, 0.2) is 18.2 Å². The van der Waals surface area contributed by atoms with E-state index >= 15 is 0 Å². The third kappa shape index (κ3) is 1.08. The molecule has 2 N–H and O–H groups in total. The van der Waals surface area contributed by atoms with Gasteiger partial charge in [-0.1, -0.05) is 12.1 Å². The zero-order valence-corrected chi connectivity index (χ0v) is 6.83. The number of phenols is 1. The van der Waals surface area contributed by atoms with Crippen LogP contribution in [0.2, 0.25) is 0 Å². The SMILES string of the molecule is Oc1cccc2c1[C@H](O)CCC2. The van der Waals surface area contributed by atoms with E-state index in [1.807, 2.05) is 12.1 Å². The van der Waals surface area contributed by atoms with Gasteiger partial charge in [0.1, 0.15) is 5.75 Å². The maximum absolute atomic E-state index is 9.58. The Kier molecular flexibility index (Phi) is 1.77. The molecule has 2 rings (SSSR count). The summed E-state index contributed by atoms with van der Waals surface area (Å²) in [5, 5.41) is 19.0. The third-order valence-electron chi connectivity index (χ3n) is 2.43. The molecular formula is C10H12O2. The van der Waals surface area contributed by atoms with Crippen molar-refractivity contribution in [2.24, 2.45) is 0 Å². The smallest absolute Gasteiger partial charge is 0.121 e. The first kappa shape index (κ1) is 7.62. The number of fused-ring (bicyclic) bond motifs is 1. The fraction of sp³-hybridized carbons (Fsp3) is 0.400. The van der Waals surface area contributed by atoms with Crippen LogP contribution in [0.1, 0.15) is 30.1 Å². The van der Waals surface area contributed by atoms with Crippen LogP contribution in [0.25, 0.3) is 0 Å². The van der Waals surface area contributed by atoms with Gasteiger partial charge in [0.25, 0.3) is 0 Å². The average Bonchev–Trinajstić information content (AvgIpc) is 2.04. The molecule has 2 heteroatoms. The molecule has 64 valence electrons. The molecule has 0 bridgehead atoms. The molecule has 1 aliphatic rings. The standard InChI is InChI=1S/C10H12O2/c11-8-5-1-3-7-4-2-6-9(12)10(7)8/h1,3,5,9,11-12H,2,4,6H2/t9-/m1/s1. The van der Waals surface area contributed by atoms with E-state index in [1.165, 1.54) is 0 Å². The predicted molar refractivity (Wildman–Crippen MR) is 46.0 cm³/mol. The summed E-state index contributed by atoms with van der Waals surface area (Å²) < 4.78 is 0. The number of rotatable bonds is 0. The minimum Gasteiger partial charge on any atom is -0.508 e. The van der Waals surface area contributed by atoms with Crippen molar-refractivity contribution in [3.05, 3.63) is 29.3 Å². The van der Waals surface area contributed by atoms with Gasteiger partial charge in [-0.05, 0) is 30.9 Å². The molecular weight excluding hydrogens is 152 g/mol. The van der Waals surface area contributed by atoms with Gasteiger partial charge in [-0.15, -0.1) is 0 Å².